The highest BCUT2D eigenvalue weighted by molar-refractivity contribution is 7.99. The fourth-order valence-electron chi connectivity index (χ4n) is 4.73. The summed E-state index contributed by atoms with van der Waals surface area (Å²) in [6.07, 6.45) is 5.90. The normalized spacial score (nSPS) is 15.2. The van der Waals surface area contributed by atoms with Crippen LogP contribution in [0, 0.1) is 29.6 Å². The van der Waals surface area contributed by atoms with Crippen molar-refractivity contribution in [1.82, 2.24) is 14.8 Å². The van der Waals surface area contributed by atoms with Crippen LogP contribution in [0.15, 0.2) is 42.1 Å². The molecule has 2 heterocycles. The fourth-order valence-corrected chi connectivity index (χ4v) is 6.77. The number of aromatic nitrogens is 3. The van der Waals surface area contributed by atoms with Crippen molar-refractivity contribution in [2.24, 2.45) is 11.3 Å². The van der Waals surface area contributed by atoms with Gasteiger partial charge in [-0.05, 0) is 49.1 Å². The molecule has 1 aliphatic rings. The first-order valence-electron chi connectivity index (χ1n) is 12.4. The molecule has 1 aliphatic carbocycles. The number of nitriles is 1. The molecule has 8 heteroatoms. The average Bonchev–Trinajstić information content (AvgIpc) is 3.42. The molecule has 6 nitrogen and oxygen atoms in total. The highest BCUT2D eigenvalue weighted by Gasteiger charge is 2.34. The SMILES string of the molecule is C=CCn1c(SCC(=O)Nc2sc3c(c2C#N)CCC(C(C)(C)CC)C3)nnc1-c1cccc(C)c1. The van der Waals surface area contributed by atoms with E-state index < -0.39 is 0 Å². The van der Waals surface area contributed by atoms with Crippen LogP contribution < -0.4 is 5.32 Å². The largest absolute Gasteiger partial charge is 0.316 e. The summed E-state index contributed by atoms with van der Waals surface area (Å²) in [5.74, 6) is 1.38. The number of nitrogens with zero attached hydrogens (tertiary/aromatic N) is 4. The zero-order valence-electron chi connectivity index (χ0n) is 21.4. The number of thiophene rings is 1. The number of anilines is 1. The lowest BCUT2D eigenvalue weighted by molar-refractivity contribution is -0.113. The van der Waals surface area contributed by atoms with Gasteiger partial charge in [0.2, 0.25) is 5.91 Å². The summed E-state index contributed by atoms with van der Waals surface area (Å²) in [6.45, 7) is 13.4. The molecule has 1 unspecified atom stereocenters. The average molecular weight is 520 g/mol. The van der Waals surface area contributed by atoms with Gasteiger partial charge in [0, 0.05) is 17.0 Å². The second kappa shape index (κ2) is 11.0. The van der Waals surface area contributed by atoms with E-state index in [0.717, 1.165) is 48.2 Å². The third-order valence-corrected chi connectivity index (χ3v) is 9.42. The Labute approximate surface area is 221 Å². The number of rotatable bonds is 9. The number of thioether (sulfide) groups is 1. The Bertz CT molecular complexity index is 1310. The molecule has 1 aromatic carbocycles. The number of benzene rings is 1. The summed E-state index contributed by atoms with van der Waals surface area (Å²) in [4.78, 5) is 14.2. The molecule has 0 radical (unpaired) electrons. The molecule has 36 heavy (non-hydrogen) atoms. The minimum Gasteiger partial charge on any atom is -0.316 e. The van der Waals surface area contributed by atoms with Crippen molar-refractivity contribution in [3.05, 3.63) is 58.5 Å². The molecule has 1 atom stereocenters. The number of fused-ring (bicyclic) bond motifs is 1. The van der Waals surface area contributed by atoms with Gasteiger partial charge in [0.1, 0.15) is 11.1 Å². The topological polar surface area (TPSA) is 83.6 Å². The molecule has 0 saturated carbocycles. The number of amides is 1. The Balaban J connectivity index is 1.47. The molecular weight excluding hydrogens is 486 g/mol. The lowest BCUT2D eigenvalue weighted by Gasteiger charge is -2.36. The smallest absolute Gasteiger partial charge is 0.235 e. The molecule has 1 N–H and O–H groups in total. The number of nitrogens with one attached hydrogen (secondary N) is 1. The Hall–Kier alpha value is -2.89. The van der Waals surface area contributed by atoms with Gasteiger partial charge in [-0.2, -0.15) is 5.26 Å². The third kappa shape index (κ3) is 5.42. The molecule has 1 amide bonds. The van der Waals surface area contributed by atoms with Gasteiger partial charge in [0.25, 0.3) is 0 Å². The lowest BCUT2D eigenvalue weighted by atomic mass is 9.69. The van der Waals surface area contributed by atoms with Gasteiger partial charge in [-0.1, -0.05) is 68.8 Å². The number of carbonyl (C=O) groups is 1. The van der Waals surface area contributed by atoms with Crippen LogP contribution in [0.5, 0.6) is 0 Å². The van der Waals surface area contributed by atoms with Crippen LogP contribution in [0.25, 0.3) is 11.4 Å². The molecule has 4 rings (SSSR count). The van der Waals surface area contributed by atoms with Crippen molar-refractivity contribution in [2.75, 3.05) is 11.1 Å². The minimum absolute atomic E-state index is 0.147. The second-order valence-electron chi connectivity index (χ2n) is 10.0. The van der Waals surface area contributed by atoms with Crippen molar-refractivity contribution >= 4 is 34.0 Å². The molecule has 0 fully saturated rings. The van der Waals surface area contributed by atoms with Crippen LogP contribution in [0.2, 0.25) is 0 Å². The number of hydrogen-bond acceptors (Lipinski definition) is 6. The van der Waals surface area contributed by atoms with E-state index in [9.17, 15) is 10.1 Å². The summed E-state index contributed by atoms with van der Waals surface area (Å²) in [5, 5.41) is 22.9. The van der Waals surface area contributed by atoms with Crippen molar-refractivity contribution in [2.45, 2.75) is 65.1 Å². The van der Waals surface area contributed by atoms with Crippen LogP contribution in [-0.2, 0) is 24.2 Å². The van der Waals surface area contributed by atoms with E-state index in [4.69, 9.17) is 0 Å². The minimum atomic E-state index is -0.147. The highest BCUT2D eigenvalue weighted by atomic mass is 32.2. The molecule has 2 aromatic heterocycles. The van der Waals surface area contributed by atoms with Gasteiger partial charge in [-0.15, -0.1) is 28.1 Å². The molecule has 3 aromatic rings. The van der Waals surface area contributed by atoms with Crippen LogP contribution in [0.1, 0.15) is 55.2 Å². The summed E-state index contributed by atoms with van der Waals surface area (Å²) in [6, 6.07) is 10.5. The monoisotopic (exact) mass is 519 g/mol. The quantitative estimate of drug-likeness (QED) is 0.253. The molecule has 0 aliphatic heterocycles. The Kier molecular flexibility index (Phi) is 8.01. The zero-order valence-corrected chi connectivity index (χ0v) is 23.1. The van der Waals surface area contributed by atoms with Gasteiger partial charge < -0.3 is 5.32 Å². The number of hydrogen-bond donors (Lipinski definition) is 1. The number of carbonyl (C=O) groups excluding carboxylic acids is 1. The maximum Gasteiger partial charge on any atom is 0.235 e. The van der Waals surface area contributed by atoms with Crippen molar-refractivity contribution in [1.29, 1.82) is 5.26 Å². The molecule has 0 saturated heterocycles. The predicted molar refractivity (Wildman–Crippen MR) is 148 cm³/mol. The van der Waals surface area contributed by atoms with E-state index in [0.29, 0.717) is 28.2 Å². The first-order valence-corrected chi connectivity index (χ1v) is 14.2. The van der Waals surface area contributed by atoms with Crippen LogP contribution >= 0.6 is 23.1 Å². The van der Waals surface area contributed by atoms with Gasteiger partial charge in [0.15, 0.2) is 11.0 Å². The second-order valence-corrected chi connectivity index (χ2v) is 12.1. The maximum absolute atomic E-state index is 12.9. The zero-order chi connectivity index (χ0) is 25.9. The van der Waals surface area contributed by atoms with Crippen molar-refractivity contribution in [3.63, 3.8) is 0 Å². The van der Waals surface area contributed by atoms with E-state index in [2.05, 4.69) is 55.0 Å². The van der Waals surface area contributed by atoms with E-state index in [1.807, 2.05) is 29.7 Å². The van der Waals surface area contributed by atoms with Gasteiger partial charge in [-0.25, -0.2) is 0 Å². The van der Waals surface area contributed by atoms with E-state index in [-0.39, 0.29) is 17.1 Å². The first-order chi connectivity index (χ1) is 17.3. The lowest BCUT2D eigenvalue weighted by Crippen LogP contribution is -2.28. The van der Waals surface area contributed by atoms with Gasteiger partial charge >= 0.3 is 0 Å². The molecule has 0 spiro atoms. The Morgan fingerprint density at radius 1 is 1.42 bits per heavy atom. The summed E-state index contributed by atoms with van der Waals surface area (Å²) in [7, 11) is 0. The summed E-state index contributed by atoms with van der Waals surface area (Å²) >= 11 is 2.91. The number of aryl methyl sites for hydroxylation is 1. The molecular formula is C28H33N5OS2. The Morgan fingerprint density at radius 3 is 2.92 bits per heavy atom. The maximum atomic E-state index is 12.9. The van der Waals surface area contributed by atoms with Crippen LogP contribution in [-0.4, -0.2) is 26.4 Å². The summed E-state index contributed by atoms with van der Waals surface area (Å²) in [5.41, 5.74) is 4.16. The fraction of sp³-hybridized carbons (Fsp3) is 0.429. The third-order valence-electron chi connectivity index (χ3n) is 7.28. The van der Waals surface area contributed by atoms with Crippen LogP contribution in [0.3, 0.4) is 0 Å². The molecule has 0 bridgehead atoms. The van der Waals surface area contributed by atoms with Gasteiger partial charge in [-0.3, -0.25) is 9.36 Å². The highest BCUT2D eigenvalue weighted by Crippen LogP contribution is 2.45. The number of allylic oxidation sites excluding steroid dienone is 1. The van der Waals surface area contributed by atoms with Crippen molar-refractivity contribution in [3.8, 4) is 17.5 Å². The van der Waals surface area contributed by atoms with E-state index >= 15 is 0 Å². The van der Waals surface area contributed by atoms with Gasteiger partial charge in [0.05, 0.1) is 11.3 Å². The van der Waals surface area contributed by atoms with Crippen LogP contribution in [0.4, 0.5) is 5.00 Å². The van der Waals surface area contributed by atoms with E-state index in [1.165, 1.54) is 16.6 Å². The van der Waals surface area contributed by atoms with E-state index in [1.54, 1.807) is 17.4 Å². The summed E-state index contributed by atoms with van der Waals surface area (Å²) < 4.78 is 1.97. The predicted octanol–water partition coefficient (Wildman–Crippen LogP) is 6.64. The van der Waals surface area contributed by atoms with Crippen molar-refractivity contribution < 1.29 is 4.79 Å². The standard InChI is InChI=1S/C28H33N5OS2/c1-6-13-33-25(19-10-8-9-18(3)14-19)31-32-27(33)35-17-24(34)30-26-22(16-29)21-12-11-20(15-23(21)36-26)28(4,5)7-2/h6,8-10,14,20H,1,7,11-13,15,17H2,2-5H3,(H,30,34). The Morgan fingerprint density at radius 2 is 2.22 bits per heavy atom. The molecule has 188 valence electrons. The first kappa shape index (κ1) is 26.2.